The fraction of sp³-hybridized carbons (Fsp3) is 0.571. The number of fused-ring (bicyclic) bond motifs is 1. The summed E-state index contributed by atoms with van der Waals surface area (Å²) in [6.07, 6.45) is 2.71. The average molecular weight is 480 g/mol. The molecule has 2 fully saturated rings. The number of aromatic nitrogens is 3. The number of amides is 1. The number of ether oxygens (including phenoxy) is 1. The van der Waals surface area contributed by atoms with Gasteiger partial charge in [-0.1, -0.05) is 27.9 Å². The maximum Gasteiger partial charge on any atom is 0.245 e. The first kappa shape index (κ1) is 22.0. The molecule has 32 heavy (non-hydrogen) atoms. The fourth-order valence-corrected chi connectivity index (χ4v) is 6.86. The second-order valence-corrected chi connectivity index (χ2v) is 10.8. The summed E-state index contributed by atoms with van der Waals surface area (Å²) in [5.41, 5.74) is 0. The van der Waals surface area contributed by atoms with Gasteiger partial charge in [-0.05, 0) is 31.4 Å². The van der Waals surface area contributed by atoms with Crippen molar-refractivity contribution in [3.05, 3.63) is 40.9 Å². The molecular weight excluding hydrogens is 454 g/mol. The van der Waals surface area contributed by atoms with Crippen LogP contribution >= 0.6 is 11.6 Å². The summed E-state index contributed by atoms with van der Waals surface area (Å²) in [5, 5.41) is 9.00. The predicted molar refractivity (Wildman–Crippen MR) is 117 cm³/mol. The summed E-state index contributed by atoms with van der Waals surface area (Å²) in [4.78, 5) is 15.2. The molecule has 5 rings (SSSR count). The van der Waals surface area contributed by atoms with Crippen LogP contribution in [-0.4, -0.2) is 73.8 Å². The quantitative estimate of drug-likeness (QED) is 0.622. The van der Waals surface area contributed by atoms with E-state index in [-0.39, 0.29) is 27.8 Å². The molecule has 0 bridgehead atoms. The van der Waals surface area contributed by atoms with E-state index in [0.29, 0.717) is 52.2 Å². The van der Waals surface area contributed by atoms with E-state index in [1.54, 1.807) is 18.2 Å². The second-order valence-electron chi connectivity index (χ2n) is 8.45. The molecule has 0 saturated carbocycles. The highest BCUT2D eigenvalue weighted by Gasteiger charge is 2.40. The number of rotatable bonds is 4. The Hall–Kier alpha value is -1.85. The van der Waals surface area contributed by atoms with E-state index >= 15 is 0 Å². The molecule has 3 aliphatic heterocycles. The van der Waals surface area contributed by atoms with E-state index in [1.807, 2.05) is 9.47 Å². The third-order valence-electron chi connectivity index (χ3n) is 6.63. The van der Waals surface area contributed by atoms with Crippen LogP contribution in [0.15, 0.2) is 29.2 Å². The van der Waals surface area contributed by atoms with Crippen molar-refractivity contribution in [2.24, 2.45) is 0 Å². The van der Waals surface area contributed by atoms with Gasteiger partial charge in [0.25, 0.3) is 0 Å². The molecule has 11 heteroatoms. The lowest BCUT2D eigenvalue weighted by Gasteiger charge is -2.34. The van der Waals surface area contributed by atoms with Crippen LogP contribution in [0.25, 0.3) is 0 Å². The van der Waals surface area contributed by atoms with E-state index in [0.717, 1.165) is 24.5 Å². The average Bonchev–Trinajstić information content (AvgIpc) is 3.42. The Morgan fingerprint density at radius 1 is 1.09 bits per heavy atom. The number of halogens is 1. The molecule has 1 amide bonds. The molecule has 9 nitrogen and oxygen atoms in total. The Morgan fingerprint density at radius 2 is 1.81 bits per heavy atom. The molecule has 2 unspecified atom stereocenters. The van der Waals surface area contributed by atoms with Gasteiger partial charge in [0.05, 0.1) is 18.2 Å². The van der Waals surface area contributed by atoms with Gasteiger partial charge in [-0.2, -0.15) is 0 Å². The zero-order chi connectivity index (χ0) is 22.3. The number of carbonyl (C=O) groups excluding carboxylic acids is 1. The predicted octanol–water partition coefficient (Wildman–Crippen LogP) is 2.06. The van der Waals surface area contributed by atoms with E-state index in [9.17, 15) is 13.6 Å². The monoisotopic (exact) mass is 479 g/mol. The largest absolute Gasteiger partial charge is 0.593 e. The number of nitrogens with zero attached hydrogens (tertiary/aromatic N) is 5. The molecule has 0 aliphatic carbocycles. The number of hydrogen-bond acceptors (Lipinski definition) is 6. The highest BCUT2D eigenvalue weighted by Crippen LogP contribution is 2.37. The highest BCUT2D eigenvalue weighted by atomic mass is 35.5. The number of sulfonamides is 1. The Bertz CT molecular complexity index is 1050. The van der Waals surface area contributed by atoms with Gasteiger partial charge < -0.3 is 18.8 Å². The van der Waals surface area contributed by atoms with Gasteiger partial charge in [0.1, 0.15) is 17.7 Å². The molecule has 2 saturated heterocycles. The second kappa shape index (κ2) is 8.83. The van der Waals surface area contributed by atoms with Crippen molar-refractivity contribution in [1.29, 1.82) is 0 Å². The molecule has 1 aromatic carbocycles. The van der Waals surface area contributed by atoms with Crippen molar-refractivity contribution in [3.8, 4) is 0 Å². The molecule has 0 radical (unpaired) electrons. The van der Waals surface area contributed by atoms with Crippen LogP contribution in [0.3, 0.4) is 0 Å². The Balaban J connectivity index is 1.31. The van der Waals surface area contributed by atoms with Gasteiger partial charge in [-0.25, -0.2) is 0 Å². The number of benzene rings is 1. The summed E-state index contributed by atoms with van der Waals surface area (Å²) >= 11 is 6.14. The molecular formula is C21H26ClN5O4S. The number of morpholine rings is 1. The molecule has 2 atom stereocenters. The van der Waals surface area contributed by atoms with Gasteiger partial charge in [-0.15, -0.1) is 14.5 Å². The summed E-state index contributed by atoms with van der Waals surface area (Å²) in [7, 11) is -3.65. The number of piperidine rings is 1. The van der Waals surface area contributed by atoms with Crippen LogP contribution in [0, 0.1) is 0 Å². The third kappa shape index (κ3) is 3.88. The third-order valence-corrected chi connectivity index (χ3v) is 9.03. The van der Waals surface area contributed by atoms with Crippen LogP contribution in [-0.2, 0) is 30.6 Å². The first-order valence-electron chi connectivity index (χ1n) is 11.0. The first-order valence-corrected chi connectivity index (χ1v) is 12.8. The minimum Gasteiger partial charge on any atom is -0.593 e. The number of carbonyl (C=O) groups is 1. The van der Waals surface area contributed by atoms with E-state index in [1.165, 1.54) is 10.4 Å². The number of hydrogen-bond donors (Lipinski definition) is 0. The molecule has 0 N–H and O–H groups in total. The molecule has 0 spiro atoms. The van der Waals surface area contributed by atoms with E-state index in [2.05, 4.69) is 10.2 Å². The number of aryl methyl sites for hydroxylation is 1. The lowest BCUT2D eigenvalue weighted by Crippen LogP contribution is -2.44. The van der Waals surface area contributed by atoms with Crippen molar-refractivity contribution >= 4 is 27.9 Å². The van der Waals surface area contributed by atoms with Crippen molar-refractivity contribution in [1.82, 2.24) is 24.0 Å². The summed E-state index contributed by atoms with van der Waals surface area (Å²) in [6.45, 7) is 3.11. The van der Waals surface area contributed by atoms with Crippen LogP contribution in [0.4, 0.5) is 0 Å². The Morgan fingerprint density at radius 3 is 2.53 bits per heavy atom. The van der Waals surface area contributed by atoms with Crippen LogP contribution in [0.1, 0.15) is 42.9 Å². The Kier molecular flexibility index (Phi) is 6.06. The first-order chi connectivity index (χ1) is 15.5. The van der Waals surface area contributed by atoms with Crippen LogP contribution in [0.5, 0.6) is 0 Å². The molecule has 2 aromatic rings. The van der Waals surface area contributed by atoms with Gasteiger partial charge in [-0.3, -0.25) is 4.79 Å². The summed E-state index contributed by atoms with van der Waals surface area (Å²) in [5.74, 6) is 1.82. The highest BCUT2D eigenvalue weighted by molar-refractivity contribution is 7.95. The zero-order valence-corrected chi connectivity index (χ0v) is 19.3. The van der Waals surface area contributed by atoms with Crippen molar-refractivity contribution in [3.63, 3.8) is 0 Å². The summed E-state index contributed by atoms with van der Waals surface area (Å²) < 4.78 is 35.0. The van der Waals surface area contributed by atoms with E-state index < -0.39 is 10.4 Å². The minimum atomic E-state index is -3.65. The topological polar surface area (TPSA) is 104 Å². The fourth-order valence-electron chi connectivity index (χ4n) is 4.90. The van der Waals surface area contributed by atoms with Crippen molar-refractivity contribution < 1.29 is 18.3 Å². The smallest absolute Gasteiger partial charge is 0.245 e. The molecule has 1 aromatic heterocycles. The standard InChI is InChI=1S/C21H26ClN5O4S/c22-16-3-1-2-4-18(16)32(29,30)26-9-7-15(8-10-26)20-24-23-19-6-5-17(27(19)20)21(28)25-11-13-31-14-12-25/h1-4,15,17H,5-14H2. The van der Waals surface area contributed by atoms with Crippen molar-refractivity contribution in [2.45, 2.75) is 42.5 Å². The lowest BCUT2D eigenvalue weighted by atomic mass is 9.97. The maximum atomic E-state index is 13.2. The van der Waals surface area contributed by atoms with Gasteiger partial charge in [0, 0.05) is 38.5 Å². The lowest BCUT2D eigenvalue weighted by molar-refractivity contribution is -0.138. The van der Waals surface area contributed by atoms with Crippen LogP contribution in [0.2, 0.25) is 5.02 Å². The molecule has 3 aliphatic rings. The normalized spacial score (nSPS) is 24.3. The molecule has 172 valence electrons. The van der Waals surface area contributed by atoms with Gasteiger partial charge in [0.2, 0.25) is 5.91 Å². The molecule has 4 heterocycles. The van der Waals surface area contributed by atoms with Crippen LogP contribution < -0.4 is 0 Å². The van der Waals surface area contributed by atoms with Gasteiger partial charge >= 0.3 is 0 Å². The SMILES string of the molecule is O=C(C1CCc2nnc(C3CCN([S+](=O)([O-])c4ccccc4Cl)CC3)n21)N1CCOCC1. The van der Waals surface area contributed by atoms with Gasteiger partial charge in [0.15, 0.2) is 15.3 Å². The summed E-state index contributed by atoms with van der Waals surface area (Å²) in [6, 6.07) is 6.24. The van der Waals surface area contributed by atoms with Crippen molar-refractivity contribution in [2.75, 3.05) is 39.4 Å². The van der Waals surface area contributed by atoms with E-state index in [4.69, 9.17) is 16.3 Å². The minimum absolute atomic E-state index is 0.0621. The maximum absolute atomic E-state index is 13.2. The zero-order valence-electron chi connectivity index (χ0n) is 17.7. The Labute approximate surface area is 193 Å².